The number of hydrogen-bond donors (Lipinski definition) is 2. The van der Waals surface area contributed by atoms with Gasteiger partial charge in [-0.2, -0.15) is 5.10 Å². The Morgan fingerprint density at radius 1 is 1.17 bits per heavy atom. The zero-order valence-electron chi connectivity index (χ0n) is 12.7. The molecule has 0 aliphatic heterocycles. The van der Waals surface area contributed by atoms with E-state index in [-0.39, 0.29) is 6.61 Å². The summed E-state index contributed by atoms with van der Waals surface area (Å²) >= 11 is 0. The molecule has 23 heavy (non-hydrogen) atoms. The molecule has 5 heteroatoms. The van der Waals surface area contributed by atoms with Gasteiger partial charge in [0.1, 0.15) is 6.61 Å². The van der Waals surface area contributed by atoms with Gasteiger partial charge in [0.15, 0.2) is 0 Å². The minimum atomic E-state index is -0.470. The highest BCUT2D eigenvalue weighted by atomic mass is 16.5. The smallest absolute Gasteiger partial charge is 0.411 e. The molecule has 0 bridgehead atoms. The number of nitrogens with zero attached hydrogens (tertiary/aromatic N) is 1. The number of amides is 1. The van der Waals surface area contributed by atoms with Crippen molar-refractivity contribution in [3.63, 3.8) is 0 Å². The third-order valence-electron chi connectivity index (χ3n) is 3.42. The van der Waals surface area contributed by atoms with Gasteiger partial charge in [-0.1, -0.05) is 42.0 Å². The zero-order chi connectivity index (χ0) is 16.1. The quantitative estimate of drug-likeness (QED) is 0.761. The second-order valence-electron chi connectivity index (χ2n) is 5.25. The highest BCUT2D eigenvalue weighted by Crippen LogP contribution is 2.20. The summed E-state index contributed by atoms with van der Waals surface area (Å²) < 4.78 is 5.22. The minimum absolute atomic E-state index is 0.251. The van der Waals surface area contributed by atoms with Crippen LogP contribution in [0.2, 0.25) is 0 Å². The molecule has 1 aromatic heterocycles. The highest BCUT2D eigenvalue weighted by Gasteiger charge is 2.05. The molecule has 116 valence electrons. The number of nitrogens with one attached hydrogen (secondary N) is 2. The lowest BCUT2D eigenvalue weighted by Gasteiger charge is -2.08. The number of carbonyl (C=O) groups is 1. The minimum Gasteiger partial charge on any atom is -0.444 e. The molecule has 0 unspecified atom stereocenters. The van der Waals surface area contributed by atoms with Crippen LogP contribution in [0.25, 0.3) is 11.1 Å². The molecule has 0 atom stereocenters. The van der Waals surface area contributed by atoms with Gasteiger partial charge in [-0.3, -0.25) is 10.4 Å². The number of ether oxygens (including phenoxy) is 1. The average Bonchev–Trinajstić information content (AvgIpc) is 3.08. The van der Waals surface area contributed by atoms with Crippen LogP contribution in [-0.4, -0.2) is 16.3 Å². The predicted octanol–water partition coefficient (Wildman–Crippen LogP) is 4.13. The molecule has 0 radical (unpaired) electrons. The van der Waals surface area contributed by atoms with E-state index >= 15 is 0 Å². The molecule has 0 aliphatic carbocycles. The summed E-state index contributed by atoms with van der Waals surface area (Å²) in [7, 11) is 0. The summed E-state index contributed by atoms with van der Waals surface area (Å²) in [6.07, 6.45) is 3.10. The fraction of sp³-hybridized carbons (Fsp3) is 0.111. The Balaban J connectivity index is 1.55. The Bertz CT molecular complexity index is 780. The van der Waals surface area contributed by atoms with Crippen molar-refractivity contribution in [3.05, 3.63) is 72.1 Å². The Morgan fingerprint density at radius 2 is 2.00 bits per heavy atom. The first kappa shape index (κ1) is 14.8. The SMILES string of the molecule is Cc1cccc(COC(=O)Nc2ccc(-c3cn[nH]c3)cc2)c1. The molecule has 0 saturated carbocycles. The standard InChI is InChI=1S/C18H17N3O2/c1-13-3-2-4-14(9-13)12-23-18(22)21-17-7-5-15(6-8-17)16-10-19-20-11-16/h2-11H,12H2,1H3,(H,19,20)(H,21,22). The van der Waals surface area contributed by atoms with Crippen LogP contribution in [-0.2, 0) is 11.3 Å². The largest absolute Gasteiger partial charge is 0.444 e. The first-order valence-corrected chi connectivity index (χ1v) is 7.29. The van der Waals surface area contributed by atoms with Crippen LogP contribution in [0.15, 0.2) is 60.9 Å². The van der Waals surface area contributed by atoms with E-state index in [0.717, 1.165) is 22.3 Å². The normalized spacial score (nSPS) is 10.3. The summed E-state index contributed by atoms with van der Waals surface area (Å²) in [5, 5.41) is 9.40. The number of hydrogen-bond acceptors (Lipinski definition) is 3. The number of anilines is 1. The number of aromatic nitrogens is 2. The summed E-state index contributed by atoms with van der Waals surface area (Å²) in [6, 6.07) is 15.4. The van der Waals surface area contributed by atoms with Crippen LogP contribution in [0.1, 0.15) is 11.1 Å². The molecule has 2 aromatic carbocycles. The van der Waals surface area contributed by atoms with Gasteiger partial charge in [-0.15, -0.1) is 0 Å². The zero-order valence-corrected chi connectivity index (χ0v) is 12.7. The second-order valence-corrected chi connectivity index (χ2v) is 5.25. The predicted molar refractivity (Wildman–Crippen MR) is 89.0 cm³/mol. The molecule has 3 rings (SSSR count). The first-order chi connectivity index (χ1) is 11.2. The number of H-pyrrole nitrogens is 1. The van der Waals surface area contributed by atoms with Gasteiger partial charge in [0.2, 0.25) is 0 Å². The number of benzene rings is 2. The average molecular weight is 307 g/mol. The van der Waals surface area contributed by atoms with E-state index in [1.165, 1.54) is 0 Å². The van der Waals surface area contributed by atoms with Crippen molar-refractivity contribution >= 4 is 11.8 Å². The van der Waals surface area contributed by atoms with E-state index in [2.05, 4.69) is 15.5 Å². The third kappa shape index (κ3) is 3.97. The van der Waals surface area contributed by atoms with Crippen molar-refractivity contribution in [1.82, 2.24) is 10.2 Å². The van der Waals surface area contributed by atoms with Gasteiger partial charge in [-0.25, -0.2) is 4.79 Å². The van der Waals surface area contributed by atoms with Crippen LogP contribution in [0.3, 0.4) is 0 Å². The van der Waals surface area contributed by atoms with E-state index in [9.17, 15) is 4.79 Å². The number of aryl methyl sites for hydroxylation is 1. The van der Waals surface area contributed by atoms with E-state index in [4.69, 9.17) is 4.74 Å². The van der Waals surface area contributed by atoms with E-state index < -0.39 is 6.09 Å². The summed E-state index contributed by atoms with van der Waals surface area (Å²) in [5.41, 5.74) is 4.82. The lowest BCUT2D eigenvalue weighted by Crippen LogP contribution is -2.13. The maximum atomic E-state index is 11.8. The molecule has 0 saturated heterocycles. The molecule has 0 aliphatic rings. The van der Waals surface area contributed by atoms with Gasteiger partial charge in [0.05, 0.1) is 6.20 Å². The van der Waals surface area contributed by atoms with Crippen molar-refractivity contribution in [3.8, 4) is 11.1 Å². The highest BCUT2D eigenvalue weighted by molar-refractivity contribution is 5.85. The summed E-state index contributed by atoms with van der Waals surface area (Å²) in [6.45, 7) is 2.26. The van der Waals surface area contributed by atoms with Crippen LogP contribution >= 0.6 is 0 Å². The molecule has 0 spiro atoms. The first-order valence-electron chi connectivity index (χ1n) is 7.29. The maximum Gasteiger partial charge on any atom is 0.411 e. The van der Waals surface area contributed by atoms with Crippen LogP contribution in [0.5, 0.6) is 0 Å². The number of rotatable bonds is 4. The van der Waals surface area contributed by atoms with Gasteiger partial charge < -0.3 is 4.74 Å². The van der Waals surface area contributed by atoms with Crippen molar-refractivity contribution in [2.24, 2.45) is 0 Å². The van der Waals surface area contributed by atoms with E-state index in [1.807, 2.05) is 61.7 Å². The van der Waals surface area contributed by atoms with Crippen molar-refractivity contribution in [2.75, 3.05) is 5.32 Å². The summed E-state index contributed by atoms with van der Waals surface area (Å²) in [5.74, 6) is 0. The second kappa shape index (κ2) is 6.79. The van der Waals surface area contributed by atoms with Crippen molar-refractivity contribution in [1.29, 1.82) is 0 Å². The number of aromatic amines is 1. The molecule has 1 heterocycles. The Hall–Kier alpha value is -3.08. The lowest BCUT2D eigenvalue weighted by molar-refractivity contribution is 0.155. The van der Waals surface area contributed by atoms with Gasteiger partial charge >= 0.3 is 6.09 Å². The maximum absolute atomic E-state index is 11.8. The molecule has 5 nitrogen and oxygen atoms in total. The molecule has 1 amide bonds. The molecular formula is C18H17N3O2. The Morgan fingerprint density at radius 3 is 2.70 bits per heavy atom. The van der Waals surface area contributed by atoms with Crippen LogP contribution in [0.4, 0.5) is 10.5 Å². The van der Waals surface area contributed by atoms with Gasteiger partial charge in [0, 0.05) is 17.4 Å². The molecule has 3 aromatic rings. The Kier molecular flexibility index (Phi) is 4.38. The van der Waals surface area contributed by atoms with Gasteiger partial charge in [0.25, 0.3) is 0 Å². The monoisotopic (exact) mass is 307 g/mol. The van der Waals surface area contributed by atoms with Crippen molar-refractivity contribution in [2.45, 2.75) is 13.5 Å². The fourth-order valence-corrected chi connectivity index (χ4v) is 2.26. The third-order valence-corrected chi connectivity index (χ3v) is 3.42. The Labute approximate surface area is 134 Å². The van der Waals surface area contributed by atoms with Gasteiger partial charge in [-0.05, 0) is 30.2 Å². The fourth-order valence-electron chi connectivity index (χ4n) is 2.26. The topological polar surface area (TPSA) is 67.0 Å². The summed E-state index contributed by atoms with van der Waals surface area (Å²) in [4.78, 5) is 11.8. The van der Waals surface area contributed by atoms with E-state index in [1.54, 1.807) is 6.20 Å². The van der Waals surface area contributed by atoms with Crippen LogP contribution in [0, 0.1) is 6.92 Å². The van der Waals surface area contributed by atoms with Crippen molar-refractivity contribution < 1.29 is 9.53 Å². The lowest BCUT2D eigenvalue weighted by atomic mass is 10.1. The molecule has 0 fully saturated rings. The van der Waals surface area contributed by atoms with E-state index in [0.29, 0.717) is 5.69 Å². The molecular weight excluding hydrogens is 290 g/mol. The van der Waals surface area contributed by atoms with Crippen LogP contribution < -0.4 is 5.32 Å². The number of carbonyl (C=O) groups excluding carboxylic acids is 1. The molecule has 2 N–H and O–H groups in total.